The molecule has 0 heterocycles. The number of unbranched alkanes of at least 4 members (excludes halogenated alkanes) is 13. The molecule has 0 bridgehead atoms. The molecule has 0 unspecified atom stereocenters. The van der Waals surface area contributed by atoms with Crippen LogP contribution in [0.1, 0.15) is 124 Å². The minimum atomic E-state index is -0.510. The highest BCUT2D eigenvalue weighted by molar-refractivity contribution is 5.83. The van der Waals surface area contributed by atoms with Crippen LogP contribution >= 0.6 is 0 Å². The van der Waals surface area contributed by atoms with Crippen molar-refractivity contribution in [1.82, 2.24) is 5.32 Å². The Balaban J connectivity index is 3.48. The second-order valence-electron chi connectivity index (χ2n) is 8.65. The second kappa shape index (κ2) is 19.3. The van der Waals surface area contributed by atoms with Gasteiger partial charge in [0.15, 0.2) is 0 Å². The van der Waals surface area contributed by atoms with Crippen LogP contribution in [0, 0.1) is 5.92 Å². The largest absolute Gasteiger partial charge is 0.464 e. The number of esters is 1. The number of carbonyl (C=O) groups excluding carboxylic acids is 2. The zero-order chi connectivity index (χ0) is 21.0. The lowest BCUT2D eigenvalue weighted by Gasteiger charge is -2.18. The summed E-state index contributed by atoms with van der Waals surface area (Å²) in [6, 6.07) is -0.510. The molecule has 0 saturated carbocycles. The summed E-state index contributed by atoms with van der Waals surface area (Å²) in [5, 5.41) is 2.70. The first-order valence-corrected chi connectivity index (χ1v) is 11.9. The number of nitrogens with one attached hydrogen (secondary N) is 1. The zero-order valence-corrected chi connectivity index (χ0v) is 19.2. The van der Waals surface area contributed by atoms with Crippen LogP contribution in [-0.4, -0.2) is 24.5 Å². The Kier molecular flexibility index (Phi) is 18.5. The van der Waals surface area contributed by atoms with Crippen LogP contribution in [0.4, 0.5) is 0 Å². The van der Waals surface area contributed by atoms with E-state index in [0.29, 0.717) is 18.9 Å². The van der Waals surface area contributed by atoms with E-state index in [1.807, 2.05) is 13.8 Å². The number of ether oxygens (including phenoxy) is 1. The van der Waals surface area contributed by atoms with Gasteiger partial charge in [0.05, 0.1) is 6.61 Å². The molecule has 0 radical (unpaired) electrons. The fraction of sp³-hybridized carbons (Fsp3) is 0.917. The van der Waals surface area contributed by atoms with E-state index in [-0.39, 0.29) is 11.9 Å². The molecule has 0 aliphatic carbocycles. The molecule has 0 saturated heterocycles. The fourth-order valence-corrected chi connectivity index (χ4v) is 3.50. The number of hydrogen-bond acceptors (Lipinski definition) is 3. The fourth-order valence-electron chi connectivity index (χ4n) is 3.50. The summed E-state index contributed by atoms with van der Waals surface area (Å²) in [6.45, 7) is 8.24. The van der Waals surface area contributed by atoms with E-state index in [2.05, 4.69) is 12.2 Å². The SMILES string of the molecule is CCCCCCCCCCCCCCCCOC(=O)[C@H](CC(C)C)NC(C)=O. The predicted molar refractivity (Wildman–Crippen MR) is 118 cm³/mol. The first kappa shape index (κ1) is 26.9. The molecular weight excluding hydrogens is 350 g/mol. The minimum absolute atomic E-state index is 0.181. The van der Waals surface area contributed by atoms with Gasteiger partial charge in [-0.15, -0.1) is 0 Å². The van der Waals surface area contributed by atoms with E-state index in [1.165, 1.54) is 84.0 Å². The Morgan fingerprint density at radius 2 is 1.18 bits per heavy atom. The summed E-state index contributed by atoms with van der Waals surface area (Å²) in [6.07, 6.45) is 19.0. The number of carbonyl (C=O) groups is 2. The Labute approximate surface area is 174 Å². The smallest absolute Gasteiger partial charge is 0.328 e. The average molecular weight is 398 g/mol. The molecule has 0 spiro atoms. The Morgan fingerprint density at radius 1 is 0.750 bits per heavy atom. The van der Waals surface area contributed by atoms with Crippen molar-refractivity contribution in [2.24, 2.45) is 5.92 Å². The van der Waals surface area contributed by atoms with Gasteiger partial charge >= 0.3 is 5.97 Å². The maximum absolute atomic E-state index is 12.1. The quantitative estimate of drug-likeness (QED) is 0.198. The van der Waals surface area contributed by atoms with E-state index in [1.54, 1.807) is 0 Å². The van der Waals surface area contributed by atoms with Crippen molar-refractivity contribution >= 4 is 11.9 Å². The van der Waals surface area contributed by atoms with Gasteiger partial charge in [-0.1, -0.05) is 104 Å². The van der Waals surface area contributed by atoms with Crippen LogP contribution in [0.15, 0.2) is 0 Å². The van der Waals surface area contributed by atoms with Crippen molar-refractivity contribution in [3.8, 4) is 0 Å². The van der Waals surface area contributed by atoms with Gasteiger partial charge in [0.1, 0.15) is 6.04 Å². The highest BCUT2D eigenvalue weighted by Crippen LogP contribution is 2.13. The van der Waals surface area contributed by atoms with Crippen molar-refractivity contribution in [1.29, 1.82) is 0 Å². The topological polar surface area (TPSA) is 55.4 Å². The molecule has 4 heteroatoms. The van der Waals surface area contributed by atoms with E-state index >= 15 is 0 Å². The normalized spacial score (nSPS) is 12.2. The van der Waals surface area contributed by atoms with Crippen molar-refractivity contribution in [3.05, 3.63) is 0 Å². The van der Waals surface area contributed by atoms with E-state index < -0.39 is 6.04 Å². The van der Waals surface area contributed by atoms with Crippen molar-refractivity contribution < 1.29 is 14.3 Å². The molecule has 1 amide bonds. The van der Waals surface area contributed by atoms with Gasteiger partial charge in [0.2, 0.25) is 5.91 Å². The van der Waals surface area contributed by atoms with E-state index in [9.17, 15) is 9.59 Å². The van der Waals surface area contributed by atoms with Gasteiger partial charge in [-0.25, -0.2) is 4.79 Å². The van der Waals surface area contributed by atoms with Gasteiger partial charge < -0.3 is 10.1 Å². The molecular formula is C24H47NO3. The van der Waals surface area contributed by atoms with Gasteiger partial charge in [0.25, 0.3) is 0 Å². The third kappa shape index (κ3) is 18.3. The number of hydrogen-bond donors (Lipinski definition) is 1. The van der Waals surface area contributed by atoms with Crippen LogP contribution in [0.5, 0.6) is 0 Å². The summed E-state index contributed by atoms with van der Waals surface area (Å²) in [5.74, 6) is -0.136. The molecule has 0 rings (SSSR count). The Hall–Kier alpha value is -1.06. The predicted octanol–water partition coefficient (Wildman–Crippen LogP) is 6.56. The van der Waals surface area contributed by atoms with E-state index in [0.717, 1.165) is 12.8 Å². The molecule has 1 atom stereocenters. The lowest BCUT2D eigenvalue weighted by molar-refractivity contribution is -0.148. The maximum Gasteiger partial charge on any atom is 0.328 e. The highest BCUT2D eigenvalue weighted by Gasteiger charge is 2.21. The van der Waals surface area contributed by atoms with Crippen molar-refractivity contribution in [3.63, 3.8) is 0 Å². The Morgan fingerprint density at radius 3 is 1.57 bits per heavy atom. The number of amides is 1. The molecule has 0 fully saturated rings. The third-order valence-corrected chi connectivity index (χ3v) is 5.11. The molecule has 0 aliphatic heterocycles. The van der Waals surface area contributed by atoms with Gasteiger partial charge in [-0.3, -0.25) is 4.79 Å². The van der Waals surface area contributed by atoms with Crippen molar-refractivity contribution in [2.75, 3.05) is 6.61 Å². The summed E-state index contributed by atoms with van der Waals surface area (Å²) in [5.41, 5.74) is 0. The summed E-state index contributed by atoms with van der Waals surface area (Å²) in [4.78, 5) is 23.3. The molecule has 1 N–H and O–H groups in total. The zero-order valence-electron chi connectivity index (χ0n) is 19.2. The maximum atomic E-state index is 12.1. The monoisotopic (exact) mass is 397 g/mol. The Bertz CT molecular complexity index is 382. The molecule has 166 valence electrons. The van der Waals surface area contributed by atoms with Crippen LogP contribution in [0.3, 0.4) is 0 Å². The van der Waals surface area contributed by atoms with Crippen LogP contribution in [0.25, 0.3) is 0 Å². The van der Waals surface area contributed by atoms with Crippen molar-refractivity contribution in [2.45, 2.75) is 130 Å². The van der Waals surface area contributed by atoms with Gasteiger partial charge in [-0.05, 0) is 18.8 Å². The van der Waals surface area contributed by atoms with Crippen LogP contribution < -0.4 is 5.32 Å². The summed E-state index contributed by atoms with van der Waals surface area (Å²) >= 11 is 0. The van der Waals surface area contributed by atoms with Crippen LogP contribution in [-0.2, 0) is 14.3 Å². The molecule has 4 nitrogen and oxygen atoms in total. The average Bonchev–Trinajstić information content (AvgIpc) is 2.63. The lowest BCUT2D eigenvalue weighted by atomic mass is 10.0. The lowest BCUT2D eigenvalue weighted by Crippen LogP contribution is -2.41. The summed E-state index contributed by atoms with van der Waals surface area (Å²) < 4.78 is 5.36. The van der Waals surface area contributed by atoms with Crippen LogP contribution in [0.2, 0.25) is 0 Å². The van der Waals surface area contributed by atoms with Gasteiger partial charge in [0, 0.05) is 6.92 Å². The molecule has 0 aromatic carbocycles. The summed E-state index contributed by atoms with van der Waals surface area (Å²) in [7, 11) is 0. The number of rotatable bonds is 19. The van der Waals surface area contributed by atoms with E-state index in [4.69, 9.17) is 4.74 Å². The molecule has 0 aromatic heterocycles. The standard InChI is InChI=1S/C24H47NO3/c1-5-6-7-8-9-10-11-12-13-14-15-16-17-18-19-28-24(27)23(20-21(2)3)25-22(4)26/h21,23H,5-20H2,1-4H3,(H,25,26)/t23-/m0/s1. The third-order valence-electron chi connectivity index (χ3n) is 5.11. The van der Waals surface area contributed by atoms with Gasteiger partial charge in [-0.2, -0.15) is 0 Å². The molecule has 0 aromatic rings. The minimum Gasteiger partial charge on any atom is -0.464 e. The molecule has 28 heavy (non-hydrogen) atoms. The first-order valence-electron chi connectivity index (χ1n) is 11.9. The molecule has 0 aliphatic rings. The highest BCUT2D eigenvalue weighted by atomic mass is 16.5. The first-order chi connectivity index (χ1) is 13.5. The second-order valence-corrected chi connectivity index (χ2v) is 8.65.